The molecule has 234 valence electrons. The highest BCUT2D eigenvalue weighted by atomic mass is 16.6. The first kappa shape index (κ1) is 35.1. The monoisotopic (exact) mass is 593 g/mol. The lowest BCUT2D eigenvalue weighted by atomic mass is 9.98. The van der Waals surface area contributed by atoms with E-state index in [0.717, 1.165) is 11.1 Å². The van der Waals surface area contributed by atoms with E-state index in [4.69, 9.17) is 9.47 Å². The predicted octanol–water partition coefficient (Wildman–Crippen LogP) is 5.59. The van der Waals surface area contributed by atoms with Crippen molar-refractivity contribution < 1.29 is 28.7 Å². The van der Waals surface area contributed by atoms with Gasteiger partial charge in [-0.15, -0.1) is 0 Å². The number of carbonyl (C=O) groups excluding carboxylic acids is 4. The second-order valence-corrected chi connectivity index (χ2v) is 12.8. The number of alkyl carbamates (subject to hydrolysis) is 1. The molecule has 2 aromatic carbocycles. The number of amides is 3. The molecule has 9 nitrogen and oxygen atoms in total. The number of benzene rings is 2. The van der Waals surface area contributed by atoms with E-state index in [1.807, 2.05) is 36.4 Å². The standard InChI is InChI=1S/C34H47N3O6/c1-11-24-18-15-19-26(20-24)28(37(22(2)3)30(39)23(4)35-32(41)43-34(8,9)10)29(38)36-27(31(40)42-33(5,6)7)21-25-16-13-12-14-17-25/h11-20,22-23,27-28H,1,21H2,2-10H3,(H,35,41)(H,36,38). The second kappa shape index (κ2) is 14.8. The molecule has 0 aliphatic carbocycles. The number of nitrogens with one attached hydrogen (secondary N) is 2. The van der Waals surface area contributed by atoms with Gasteiger partial charge in [0.2, 0.25) is 11.8 Å². The average molecular weight is 594 g/mol. The van der Waals surface area contributed by atoms with E-state index >= 15 is 0 Å². The zero-order valence-corrected chi connectivity index (χ0v) is 26.9. The van der Waals surface area contributed by atoms with Crippen molar-refractivity contribution >= 4 is 30.0 Å². The first-order chi connectivity index (χ1) is 19.9. The summed E-state index contributed by atoms with van der Waals surface area (Å²) in [6, 6.07) is 12.8. The van der Waals surface area contributed by atoms with Gasteiger partial charge in [-0.05, 0) is 85.1 Å². The molecule has 0 aliphatic heterocycles. The summed E-state index contributed by atoms with van der Waals surface area (Å²) >= 11 is 0. The van der Waals surface area contributed by atoms with Gasteiger partial charge in [0.15, 0.2) is 0 Å². The molecule has 0 bridgehead atoms. The van der Waals surface area contributed by atoms with Crippen molar-refractivity contribution in [2.45, 2.75) is 104 Å². The average Bonchev–Trinajstić information content (AvgIpc) is 2.89. The highest BCUT2D eigenvalue weighted by Gasteiger charge is 2.38. The molecule has 9 heteroatoms. The molecular formula is C34H47N3O6. The van der Waals surface area contributed by atoms with Crippen LogP contribution in [-0.2, 0) is 30.3 Å². The van der Waals surface area contributed by atoms with Crippen molar-refractivity contribution in [2.75, 3.05) is 0 Å². The van der Waals surface area contributed by atoms with Crippen LogP contribution >= 0.6 is 0 Å². The van der Waals surface area contributed by atoms with Gasteiger partial charge in [-0.2, -0.15) is 0 Å². The number of rotatable bonds is 11. The van der Waals surface area contributed by atoms with Crippen LogP contribution in [0.15, 0.2) is 61.2 Å². The van der Waals surface area contributed by atoms with Crippen LogP contribution in [0.4, 0.5) is 4.79 Å². The van der Waals surface area contributed by atoms with Crippen molar-refractivity contribution in [1.82, 2.24) is 15.5 Å². The third-order valence-electron chi connectivity index (χ3n) is 6.19. The maximum absolute atomic E-state index is 14.2. The number of hydrogen-bond donors (Lipinski definition) is 2. The summed E-state index contributed by atoms with van der Waals surface area (Å²) in [7, 11) is 0. The molecule has 0 saturated heterocycles. The number of nitrogens with zero attached hydrogens (tertiary/aromatic N) is 1. The lowest BCUT2D eigenvalue weighted by Crippen LogP contribution is -2.56. The maximum Gasteiger partial charge on any atom is 0.408 e. The molecule has 0 aliphatic rings. The highest BCUT2D eigenvalue weighted by Crippen LogP contribution is 2.27. The zero-order chi connectivity index (χ0) is 32.5. The van der Waals surface area contributed by atoms with Gasteiger partial charge in [0, 0.05) is 12.5 Å². The van der Waals surface area contributed by atoms with Crippen LogP contribution < -0.4 is 10.6 Å². The largest absolute Gasteiger partial charge is 0.458 e. The summed E-state index contributed by atoms with van der Waals surface area (Å²) < 4.78 is 11.0. The van der Waals surface area contributed by atoms with E-state index in [-0.39, 0.29) is 6.42 Å². The molecule has 43 heavy (non-hydrogen) atoms. The molecule has 0 saturated carbocycles. The molecule has 3 amide bonds. The Morgan fingerprint density at radius 2 is 1.47 bits per heavy atom. The Hall–Kier alpha value is -4.14. The fraction of sp³-hybridized carbons (Fsp3) is 0.471. The van der Waals surface area contributed by atoms with Crippen LogP contribution in [-0.4, -0.2) is 58.1 Å². The molecule has 0 spiro atoms. The third-order valence-corrected chi connectivity index (χ3v) is 6.19. The van der Waals surface area contributed by atoms with Crippen molar-refractivity contribution in [3.8, 4) is 0 Å². The number of ether oxygens (including phenoxy) is 2. The SMILES string of the molecule is C=Cc1cccc(C(C(=O)NC(Cc2ccccc2)C(=O)OC(C)(C)C)N(C(=O)C(C)NC(=O)OC(C)(C)C)C(C)C)c1. The van der Waals surface area contributed by atoms with Gasteiger partial charge in [0.25, 0.3) is 0 Å². The van der Waals surface area contributed by atoms with Crippen LogP contribution in [0.25, 0.3) is 6.08 Å². The van der Waals surface area contributed by atoms with Crippen LogP contribution in [0.1, 0.15) is 85.0 Å². The summed E-state index contributed by atoms with van der Waals surface area (Å²) in [6.07, 6.45) is 1.08. The highest BCUT2D eigenvalue weighted by molar-refractivity contribution is 5.94. The van der Waals surface area contributed by atoms with E-state index in [1.54, 1.807) is 79.7 Å². The fourth-order valence-electron chi connectivity index (χ4n) is 4.41. The third kappa shape index (κ3) is 11.2. The first-order valence-electron chi connectivity index (χ1n) is 14.5. The topological polar surface area (TPSA) is 114 Å². The number of esters is 1. The smallest absolute Gasteiger partial charge is 0.408 e. The van der Waals surface area contributed by atoms with E-state index in [9.17, 15) is 19.2 Å². The van der Waals surface area contributed by atoms with Crippen LogP contribution in [0.5, 0.6) is 0 Å². The molecule has 0 fully saturated rings. The number of hydrogen-bond acceptors (Lipinski definition) is 6. The van der Waals surface area contributed by atoms with Gasteiger partial charge in [-0.25, -0.2) is 9.59 Å². The Bertz CT molecular complexity index is 1280. The summed E-state index contributed by atoms with van der Waals surface area (Å²) in [5.74, 6) is -1.66. The van der Waals surface area contributed by atoms with E-state index in [1.165, 1.54) is 11.8 Å². The van der Waals surface area contributed by atoms with Gasteiger partial charge in [-0.1, -0.05) is 61.2 Å². The first-order valence-corrected chi connectivity index (χ1v) is 14.5. The Morgan fingerprint density at radius 3 is 2.00 bits per heavy atom. The van der Waals surface area contributed by atoms with E-state index in [2.05, 4.69) is 17.2 Å². The normalized spacial score (nSPS) is 13.7. The Kier molecular flexibility index (Phi) is 12.1. The zero-order valence-electron chi connectivity index (χ0n) is 26.9. The van der Waals surface area contributed by atoms with Crippen molar-refractivity contribution in [3.63, 3.8) is 0 Å². The van der Waals surface area contributed by atoms with Crippen LogP contribution in [0.3, 0.4) is 0 Å². The molecule has 2 aromatic rings. The van der Waals surface area contributed by atoms with Crippen LogP contribution in [0.2, 0.25) is 0 Å². The Labute approximate surface area is 256 Å². The van der Waals surface area contributed by atoms with Gasteiger partial charge >= 0.3 is 12.1 Å². The molecule has 2 N–H and O–H groups in total. The van der Waals surface area contributed by atoms with Crippen molar-refractivity contribution in [3.05, 3.63) is 77.9 Å². The molecule has 2 rings (SSSR count). The molecule has 3 unspecified atom stereocenters. The summed E-state index contributed by atoms with van der Waals surface area (Å²) in [5, 5.41) is 5.46. The molecular weight excluding hydrogens is 546 g/mol. The van der Waals surface area contributed by atoms with Crippen molar-refractivity contribution in [1.29, 1.82) is 0 Å². The molecule has 0 heterocycles. The minimum atomic E-state index is -1.14. The summed E-state index contributed by atoms with van der Waals surface area (Å²) in [5.41, 5.74) is 0.560. The molecule has 0 radical (unpaired) electrons. The van der Waals surface area contributed by atoms with Gasteiger partial charge < -0.3 is 25.0 Å². The molecule has 0 aromatic heterocycles. The minimum absolute atomic E-state index is 0.188. The van der Waals surface area contributed by atoms with Gasteiger partial charge in [0.1, 0.15) is 29.3 Å². The van der Waals surface area contributed by atoms with Gasteiger partial charge in [-0.3, -0.25) is 9.59 Å². The molecule has 3 atom stereocenters. The summed E-state index contributed by atoms with van der Waals surface area (Å²) in [6.45, 7) is 19.4. The van der Waals surface area contributed by atoms with E-state index < -0.39 is 59.2 Å². The Morgan fingerprint density at radius 1 is 0.860 bits per heavy atom. The van der Waals surface area contributed by atoms with Crippen LogP contribution in [0, 0.1) is 0 Å². The minimum Gasteiger partial charge on any atom is -0.458 e. The summed E-state index contributed by atoms with van der Waals surface area (Å²) in [4.78, 5) is 55.4. The quantitative estimate of drug-likeness (QED) is 0.329. The second-order valence-electron chi connectivity index (χ2n) is 12.8. The lowest BCUT2D eigenvalue weighted by molar-refractivity contribution is -0.159. The predicted molar refractivity (Wildman–Crippen MR) is 168 cm³/mol. The lowest BCUT2D eigenvalue weighted by Gasteiger charge is -2.37. The van der Waals surface area contributed by atoms with Crippen molar-refractivity contribution in [2.24, 2.45) is 0 Å². The number of carbonyl (C=O) groups is 4. The van der Waals surface area contributed by atoms with E-state index in [0.29, 0.717) is 5.56 Å². The maximum atomic E-state index is 14.2. The Balaban J connectivity index is 2.54. The fourth-order valence-corrected chi connectivity index (χ4v) is 4.41. The van der Waals surface area contributed by atoms with Gasteiger partial charge in [0.05, 0.1) is 0 Å².